The number of fused-ring (bicyclic) bond motifs is 1. The highest BCUT2D eigenvalue weighted by molar-refractivity contribution is 6.00. The number of pyridine rings is 1. The van der Waals surface area contributed by atoms with Gasteiger partial charge in [0, 0.05) is 36.3 Å². The first-order valence-electron chi connectivity index (χ1n) is 7.08. The van der Waals surface area contributed by atoms with Crippen LogP contribution < -0.4 is 5.73 Å². The zero-order valence-electron chi connectivity index (χ0n) is 11.5. The van der Waals surface area contributed by atoms with Gasteiger partial charge in [-0.15, -0.1) is 0 Å². The Bertz CT molecular complexity index is 618. The van der Waals surface area contributed by atoms with Crippen molar-refractivity contribution in [1.29, 1.82) is 0 Å². The molecule has 3 rings (SSSR count). The zero-order valence-corrected chi connectivity index (χ0v) is 11.5. The average molecular weight is 269 g/mol. The van der Waals surface area contributed by atoms with Crippen LogP contribution in [0, 0.1) is 0 Å². The van der Waals surface area contributed by atoms with Crippen molar-refractivity contribution in [2.45, 2.75) is 18.9 Å². The van der Waals surface area contributed by atoms with Gasteiger partial charge in [0.2, 0.25) is 0 Å². The number of ketones is 1. The van der Waals surface area contributed by atoms with Gasteiger partial charge in [-0.1, -0.05) is 18.2 Å². The molecule has 0 amide bonds. The summed E-state index contributed by atoms with van der Waals surface area (Å²) >= 11 is 0. The standard InChI is InChI=1S/C16H19N3O/c17-14-5-8-19(9-6-14)11-16(20)13-4-3-12-2-1-7-18-15(12)10-13/h1-4,7,10,14H,5-6,8-9,11,17H2. The molecule has 0 saturated carbocycles. The molecule has 4 heteroatoms. The molecule has 104 valence electrons. The summed E-state index contributed by atoms with van der Waals surface area (Å²) in [5, 5.41) is 1.06. The summed E-state index contributed by atoms with van der Waals surface area (Å²) in [5.41, 5.74) is 7.50. The maximum atomic E-state index is 12.3. The minimum absolute atomic E-state index is 0.160. The van der Waals surface area contributed by atoms with E-state index >= 15 is 0 Å². The van der Waals surface area contributed by atoms with Gasteiger partial charge in [0.15, 0.2) is 5.78 Å². The Balaban J connectivity index is 1.72. The minimum Gasteiger partial charge on any atom is -0.328 e. The summed E-state index contributed by atoms with van der Waals surface area (Å²) in [5.74, 6) is 0.160. The van der Waals surface area contributed by atoms with Gasteiger partial charge in [-0.2, -0.15) is 0 Å². The van der Waals surface area contributed by atoms with E-state index in [2.05, 4.69) is 9.88 Å². The summed E-state index contributed by atoms with van der Waals surface area (Å²) in [4.78, 5) is 18.8. The number of nitrogens with two attached hydrogens (primary N) is 1. The number of benzene rings is 1. The van der Waals surface area contributed by atoms with Crippen LogP contribution in [0.3, 0.4) is 0 Å². The van der Waals surface area contributed by atoms with E-state index in [9.17, 15) is 4.79 Å². The lowest BCUT2D eigenvalue weighted by Gasteiger charge is -2.29. The number of piperidine rings is 1. The zero-order chi connectivity index (χ0) is 13.9. The second kappa shape index (κ2) is 5.69. The highest BCUT2D eigenvalue weighted by atomic mass is 16.1. The first-order valence-corrected chi connectivity index (χ1v) is 7.08. The van der Waals surface area contributed by atoms with Gasteiger partial charge in [-0.25, -0.2) is 0 Å². The molecule has 0 atom stereocenters. The molecule has 0 aliphatic carbocycles. The Labute approximate surface area is 118 Å². The van der Waals surface area contributed by atoms with Crippen LogP contribution in [0.15, 0.2) is 36.5 Å². The maximum absolute atomic E-state index is 12.3. The molecule has 20 heavy (non-hydrogen) atoms. The average Bonchev–Trinajstić information content (AvgIpc) is 2.49. The van der Waals surface area contributed by atoms with E-state index in [0.29, 0.717) is 12.6 Å². The van der Waals surface area contributed by atoms with Crippen LogP contribution >= 0.6 is 0 Å². The van der Waals surface area contributed by atoms with Crippen LogP contribution in [0.4, 0.5) is 0 Å². The number of hydrogen-bond acceptors (Lipinski definition) is 4. The summed E-state index contributed by atoms with van der Waals surface area (Å²) < 4.78 is 0. The molecule has 0 spiro atoms. The molecule has 1 aromatic carbocycles. The van der Waals surface area contributed by atoms with E-state index in [1.165, 1.54) is 0 Å². The highest BCUT2D eigenvalue weighted by Gasteiger charge is 2.19. The molecule has 1 fully saturated rings. The van der Waals surface area contributed by atoms with Crippen molar-refractivity contribution in [3.8, 4) is 0 Å². The Morgan fingerprint density at radius 3 is 2.90 bits per heavy atom. The Morgan fingerprint density at radius 2 is 2.10 bits per heavy atom. The molecule has 2 N–H and O–H groups in total. The summed E-state index contributed by atoms with van der Waals surface area (Å²) in [6, 6.07) is 9.94. The molecule has 1 saturated heterocycles. The van der Waals surface area contributed by atoms with Gasteiger partial charge < -0.3 is 5.73 Å². The van der Waals surface area contributed by atoms with Crippen LogP contribution in [0.5, 0.6) is 0 Å². The fourth-order valence-electron chi connectivity index (χ4n) is 2.65. The molecule has 0 unspecified atom stereocenters. The van der Waals surface area contributed by atoms with Crippen molar-refractivity contribution < 1.29 is 4.79 Å². The van der Waals surface area contributed by atoms with Crippen LogP contribution in [-0.2, 0) is 0 Å². The van der Waals surface area contributed by atoms with E-state index < -0.39 is 0 Å². The Hall–Kier alpha value is -1.78. The van der Waals surface area contributed by atoms with Gasteiger partial charge in [-0.05, 0) is 25.0 Å². The third-order valence-corrected chi connectivity index (χ3v) is 3.93. The molecule has 1 aliphatic rings. The second-order valence-electron chi connectivity index (χ2n) is 5.45. The molecule has 1 aliphatic heterocycles. The van der Waals surface area contributed by atoms with E-state index in [0.717, 1.165) is 42.4 Å². The lowest BCUT2D eigenvalue weighted by Crippen LogP contribution is -2.41. The molecule has 0 bridgehead atoms. The van der Waals surface area contributed by atoms with Gasteiger partial charge in [0.05, 0.1) is 12.1 Å². The lowest BCUT2D eigenvalue weighted by molar-refractivity contribution is 0.0910. The number of nitrogens with zero attached hydrogens (tertiary/aromatic N) is 2. The van der Waals surface area contributed by atoms with Crippen LogP contribution in [-0.4, -0.2) is 41.3 Å². The van der Waals surface area contributed by atoms with Crippen molar-refractivity contribution in [3.05, 3.63) is 42.1 Å². The third-order valence-electron chi connectivity index (χ3n) is 3.93. The van der Waals surface area contributed by atoms with Crippen LogP contribution in [0.2, 0.25) is 0 Å². The quantitative estimate of drug-likeness (QED) is 0.864. The van der Waals surface area contributed by atoms with E-state index in [1.807, 2.05) is 30.3 Å². The largest absolute Gasteiger partial charge is 0.328 e. The Kier molecular flexibility index (Phi) is 3.76. The molecule has 0 radical (unpaired) electrons. The number of carbonyl (C=O) groups excluding carboxylic acids is 1. The van der Waals surface area contributed by atoms with Crippen LogP contribution in [0.25, 0.3) is 10.9 Å². The third kappa shape index (κ3) is 2.86. The topological polar surface area (TPSA) is 59.2 Å². The van der Waals surface area contributed by atoms with Crippen molar-refractivity contribution in [2.24, 2.45) is 5.73 Å². The Morgan fingerprint density at radius 1 is 1.30 bits per heavy atom. The number of hydrogen-bond donors (Lipinski definition) is 1. The number of likely N-dealkylation sites (tertiary alicyclic amines) is 1. The molecule has 2 heterocycles. The first kappa shape index (κ1) is 13.2. The maximum Gasteiger partial charge on any atom is 0.176 e. The van der Waals surface area contributed by atoms with Gasteiger partial charge in [0.25, 0.3) is 0 Å². The van der Waals surface area contributed by atoms with Crippen molar-refractivity contribution >= 4 is 16.7 Å². The SMILES string of the molecule is NC1CCN(CC(=O)c2ccc3cccnc3c2)CC1. The molecular weight excluding hydrogens is 250 g/mol. The lowest BCUT2D eigenvalue weighted by atomic mass is 10.0. The number of rotatable bonds is 3. The summed E-state index contributed by atoms with van der Waals surface area (Å²) in [6.07, 6.45) is 3.71. The summed E-state index contributed by atoms with van der Waals surface area (Å²) in [6.45, 7) is 2.31. The number of aromatic nitrogens is 1. The number of carbonyl (C=O) groups is 1. The predicted octanol–water partition coefficient (Wildman–Crippen LogP) is 1.84. The van der Waals surface area contributed by atoms with E-state index in [4.69, 9.17) is 5.73 Å². The molecular formula is C16H19N3O. The van der Waals surface area contributed by atoms with E-state index in [-0.39, 0.29) is 5.78 Å². The number of Topliss-reactive ketones (excluding diaryl/α,β-unsaturated/α-hetero) is 1. The molecule has 1 aromatic heterocycles. The summed E-state index contributed by atoms with van der Waals surface area (Å²) in [7, 11) is 0. The molecule has 2 aromatic rings. The smallest absolute Gasteiger partial charge is 0.176 e. The molecule has 4 nitrogen and oxygen atoms in total. The fraction of sp³-hybridized carbons (Fsp3) is 0.375. The second-order valence-corrected chi connectivity index (χ2v) is 5.45. The van der Waals surface area contributed by atoms with Crippen molar-refractivity contribution in [3.63, 3.8) is 0 Å². The van der Waals surface area contributed by atoms with Gasteiger partial charge >= 0.3 is 0 Å². The van der Waals surface area contributed by atoms with Crippen LogP contribution in [0.1, 0.15) is 23.2 Å². The van der Waals surface area contributed by atoms with E-state index in [1.54, 1.807) is 6.20 Å². The predicted molar refractivity (Wildman–Crippen MR) is 79.7 cm³/mol. The minimum atomic E-state index is 0.160. The van der Waals surface area contributed by atoms with Crippen molar-refractivity contribution in [2.75, 3.05) is 19.6 Å². The normalized spacial score (nSPS) is 17.4. The fourth-order valence-corrected chi connectivity index (χ4v) is 2.65. The first-order chi connectivity index (χ1) is 9.72. The van der Waals surface area contributed by atoms with Gasteiger partial charge in [0.1, 0.15) is 0 Å². The monoisotopic (exact) mass is 269 g/mol. The highest BCUT2D eigenvalue weighted by Crippen LogP contribution is 2.15. The van der Waals surface area contributed by atoms with Gasteiger partial charge in [-0.3, -0.25) is 14.7 Å². The van der Waals surface area contributed by atoms with Crippen molar-refractivity contribution in [1.82, 2.24) is 9.88 Å².